The molecule has 1 saturated carbocycles. The smallest absolute Gasteiger partial charge is 0.341 e. The molecule has 74 valence electrons. The monoisotopic (exact) mass is 193 g/mol. The van der Waals surface area contributed by atoms with Gasteiger partial charge in [0.05, 0.1) is 0 Å². The third-order valence-corrected chi connectivity index (χ3v) is 2.54. The fraction of sp³-hybridized carbons (Fsp3) is 0.444. The highest BCUT2D eigenvalue weighted by atomic mass is 16.4. The molecule has 3 N–H and O–H groups in total. The first-order chi connectivity index (χ1) is 6.68. The highest BCUT2D eigenvalue weighted by molar-refractivity contribution is 5.92. The van der Waals surface area contributed by atoms with Crippen molar-refractivity contribution in [3.05, 3.63) is 17.6 Å². The lowest BCUT2D eigenvalue weighted by Gasteiger charge is -2.23. The van der Waals surface area contributed by atoms with Crippen molar-refractivity contribution >= 4 is 11.8 Å². The number of hydrogen-bond donors (Lipinski definition) is 2. The first-order valence-corrected chi connectivity index (χ1v) is 4.54. The van der Waals surface area contributed by atoms with E-state index in [1.54, 1.807) is 0 Å². The summed E-state index contributed by atoms with van der Waals surface area (Å²) in [7, 11) is 0. The summed E-state index contributed by atoms with van der Waals surface area (Å²) in [6, 6.07) is 0. The Morgan fingerprint density at radius 2 is 2.29 bits per heavy atom. The number of nitrogens with zero attached hydrogens (tertiary/aromatic N) is 2. The number of nitrogen functional groups attached to an aromatic ring is 1. The molecule has 0 atom stereocenters. The second kappa shape index (κ2) is 3.25. The van der Waals surface area contributed by atoms with E-state index in [2.05, 4.69) is 9.97 Å². The normalized spacial score (nSPS) is 16.3. The van der Waals surface area contributed by atoms with Crippen LogP contribution in [-0.2, 0) is 0 Å². The summed E-state index contributed by atoms with van der Waals surface area (Å²) in [5, 5.41) is 8.71. The molecule has 0 amide bonds. The quantitative estimate of drug-likeness (QED) is 0.732. The first-order valence-electron chi connectivity index (χ1n) is 4.54. The van der Waals surface area contributed by atoms with Gasteiger partial charge in [0.2, 0.25) is 0 Å². The largest absolute Gasteiger partial charge is 0.477 e. The minimum absolute atomic E-state index is 0.0203. The summed E-state index contributed by atoms with van der Waals surface area (Å²) in [5.74, 6) is 0.0379. The highest BCUT2D eigenvalue weighted by Crippen LogP contribution is 2.34. The van der Waals surface area contributed by atoms with Crippen molar-refractivity contribution in [2.24, 2.45) is 0 Å². The predicted molar refractivity (Wildman–Crippen MR) is 50.0 cm³/mol. The number of rotatable bonds is 2. The Kier molecular flexibility index (Phi) is 2.07. The van der Waals surface area contributed by atoms with Crippen molar-refractivity contribution in [2.45, 2.75) is 25.2 Å². The molecule has 0 unspecified atom stereocenters. The molecule has 1 aromatic heterocycles. The van der Waals surface area contributed by atoms with Gasteiger partial charge in [-0.15, -0.1) is 0 Å². The Morgan fingerprint density at radius 1 is 1.57 bits per heavy atom. The maximum absolute atomic E-state index is 10.6. The Hall–Kier alpha value is -1.65. The molecule has 14 heavy (non-hydrogen) atoms. The average molecular weight is 193 g/mol. The van der Waals surface area contributed by atoms with Gasteiger partial charge in [-0.05, 0) is 12.8 Å². The highest BCUT2D eigenvalue weighted by Gasteiger charge is 2.23. The van der Waals surface area contributed by atoms with Crippen LogP contribution in [0.15, 0.2) is 6.20 Å². The predicted octanol–water partition coefficient (Wildman–Crippen LogP) is 1.02. The molecule has 0 radical (unpaired) electrons. The Morgan fingerprint density at radius 3 is 2.71 bits per heavy atom. The molecule has 0 spiro atoms. The molecule has 1 aliphatic carbocycles. The van der Waals surface area contributed by atoms with Crippen LogP contribution in [0.3, 0.4) is 0 Å². The van der Waals surface area contributed by atoms with E-state index in [9.17, 15) is 4.79 Å². The van der Waals surface area contributed by atoms with Gasteiger partial charge in [-0.1, -0.05) is 6.42 Å². The molecule has 1 aliphatic rings. The maximum Gasteiger partial charge on any atom is 0.341 e. The minimum Gasteiger partial charge on any atom is -0.477 e. The second-order valence-electron chi connectivity index (χ2n) is 3.46. The van der Waals surface area contributed by atoms with Crippen LogP contribution in [0, 0.1) is 0 Å². The van der Waals surface area contributed by atoms with Crippen LogP contribution in [-0.4, -0.2) is 21.0 Å². The Balaban J connectivity index is 2.30. The van der Waals surface area contributed by atoms with Gasteiger partial charge in [-0.2, -0.15) is 0 Å². The van der Waals surface area contributed by atoms with E-state index in [4.69, 9.17) is 10.8 Å². The topological polar surface area (TPSA) is 89.1 Å². The number of aromatic nitrogens is 2. The summed E-state index contributed by atoms with van der Waals surface area (Å²) in [5.41, 5.74) is 5.49. The lowest BCUT2D eigenvalue weighted by molar-refractivity contribution is 0.0697. The summed E-state index contributed by atoms with van der Waals surface area (Å²) in [6.07, 6.45) is 4.63. The van der Waals surface area contributed by atoms with E-state index in [0.29, 0.717) is 11.7 Å². The zero-order chi connectivity index (χ0) is 10.1. The lowest BCUT2D eigenvalue weighted by atomic mass is 9.85. The van der Waals surface area contributed by atoms with Gasteiger partial charge in [0.15, 0.2) is 0 Å². The number of carbonyl (C=O) groups is 1. The van der Waals surface area contributed by atoms with Crippen molar-refractivity contribution in [3.8, 4) is 0 Å². The maximum atomic E-state index is 10.6. The molecule has 5 nitrogen and oxygen atoms in total. The van der Waals surface area contributed by atoms with Crippen LogP contribution in [0.4, 0.5) is 5.82 Å². The van der Waals surface area contributed by atoms with E-state index in [1.807, 2.05) is 0 Å². The summed E-state index contributed by atoms with van der Waals surface area (Å²) < 4.78 is 0. The van der Waals surface area contributed by atoms with Gasteiger partial charge in [0.1, 0.15) is 17.2 Å². The summed E-state index contributed by atoms with van der Waals surface area (Å²) in [6.45, 7) is 0. The van der Waals surface area contributed by atoms with E-state index >= 15 is 0 Å². The second-order valence-corrected chi connectivity index (χ2v) is 3.46. The van der Waals surface area contributed by atoms with Gasteiger partial charge < -0.3 is 10.8 Å². The van der Waals surface area contributed by atoms with Crippen LogP contribution in [0.25, 0.3) is 0 Å². The first kappa shape index (κ1) is 8.93. The molecule has 1 fully saturated rings. The molecular formula is C9H11N3O2. The van der Waals surface area contributed by atoms with Gasteiger partial charge >= 0.3 is 5.97 Å². The standard InChI is InChI=1S/C9H11N3O2/c10-7-6(9(13)14)4-11-8(12-7)5-2-1-3-5/h4-5H,1-3H2,(H,13,14)(H2,10,11,12). The molecule has 0 saturated heterocycles. The molecule has 1 aromatic rings. The van der Waals surface area contributed by atoms with Crippen LogP contribution < -0.4 is 5.73 Å². The summed E-state index contributed by atoms with van der Waals surface area (Å²) in [4.78, 5) is 18.6. The zero-order valence-corrected chi connectivity index (χ0v) is 7.60. The van der Waals surface area contributed by atoms with E-state index < -0.39 is 5.97 Å². The molecule has 0 aliphatic heterocycles. The molecule has 1 heterocycles. The number of nitrogens with two attached hydrogens (primary N) is 1. The molecular weight excluding hydrogens is 182 g/mol. The van der Waals surface area contributed by atoms with E-state index in [-0.39, 0.29) is 11.4 Å². The molecule has 0 bridgehead atoms. The summed E-state index contributed by atoms with van der Waals surface area (Å²) >= 11 is 0. The minimum atomic E-state index is -1.08. The van der Waals surface area contributed by atoms with Crippen LogP contribution in [0.1, 0.15) is 41.4 Å². The van der Waals surface area contributed by atoms with Crippen molar-refractivity contribution < 1.29 is 9.90 Å². The molecule has 0 aromatic carbocycles. The van der Waals surface area contributed by atoms with Crippen molar-refractivity contribution in [1.82, 2.24) is 9.97 Å². The van der Waals surface area contributed by atoms with Crippen LogP contribution in [0.2, 0.25) is 0 Å². The van der Waals surface area contributed by atoms with Gasteiger partial charge in [0.25, 0.3) is 0 Å². The number of anilines is 1. The van der Waals surface area contributed by atoms with Gasteiger partial charge in [0, 0.05) is 12.1 Å². The van der Waals surface area contributed by atoms with Crippen molar-refractivity contribution in [3.63, 3.8) is 0 Å². The van der Waals surface area contributed by atoms with Gasteiger partial charge in [-0.25, -0.2) is 14.8 Å². The lowest BCUT2D eigenvalue weighted by Crippen LogP contribution is -2.15. The molecule has 5 heteroatoms. The number of hydrogen-bond acceptors (Lipinski definition) is 4. The van der Waals surface area contributed by atoms with E-state index in [0.717, 1.165) is 12.8 Å². The third-order valence-electron chi connectivity index (χ3n) is 2.54. The Labute approximate surface area is 81.0 Å². The fourth-order valence-corrected chi connectivity index (χ4v) is 1.44. The SMILES string of the molecule is Nc1nc(C2CCC2)ncc1C(=O)O. The van der Waals surface area contributed by atoms with Gasteiger partial charge in [-0.3, -0.25) is 0 Å². The fourth-order valence-electron chi connectivity index (χ4n) is 1.44. The molecule has 2 rings (SSSR count). The van der Waals surface area contributed by atoms with E-state index in [1.165, 1.54) is 12.6 Å². The number of carboxylic acids is 1. The zero-order valence-electron chi connectivity index (χ0n) is 7.60. The average Bonchev–Trinajstić information content (AvgIpc) is 2.00. The van der Waals surface area contributed by atoms with Crippen molar-refractivity contribution in [2.75, 3.05) is 5.73 Å². The third kappa shape index (κ3) is 1.41. The Bertz CT molecular complexity index is 374. The van der Waals surface area contributed by atoms with Crippen LogP contribution >= 0.6 is 0 Å². The number of aromatic carboxylic acids is 1. The number of carboxylic acid groups (broad SMARTS) is 1. The van der Waals surface area contributed by atoms with Crippen LogP contribution in [0.5, 0.6) is 0 Å². The van der Waals surface area contributed by atoms with Crippen molar-refractivity contribution in [1.29, 1.82) is 0 Å².